The number of nitrogens with zero attached hydrogens (tertiary/aromatic N) is 1. The summed E-state index contributed by atoms with van der Waals surface area (Å²) < 4.78 is 0. The molecule has 1 saturated carbocycles. The van der Waals surface area contributed by atoms with Crippen LogP contribution in [-0.2, 0) is 0 Å². The molecule has 2 aliphatic rings. The van der Waals surface area contributed by atoms with Crippen LogP contribution in [0.4, 0.5) is 0 Å². The van der Waals surface area contributed by atoms with Crippen LogP contribution in [0.15, 0.2) is 0 Å². The second-order valence-corrected chi connectivity index (χ2v) is 6.36. The van der Waals surface area contributed by atoms with Gasteiger partial charge in [-0.1, -0.05) is 12.8 Å². The fourth-order valence-electron chi connectivity index (χ4n) is 3.91. The van der Waals surface area contributed by atoms with Crippen LogP contribution in [0.3, 0.4) is 0 Å². The zero-order chi connectivity index (χ0) is 11.6. The lowest BCUT2D eigenvalue weighted by Gasteiger charge is -2.49. The molecule has 0 amide bonds. The van der Waals surface area contributed by atoms with Gasteiger partial charge in [-0.25, -0.2) is 0 Å². The van der Waals surface area contributed by atoms with Gasteiger partial charge in [0.2, 0.25) is 0 Å². The molecular formula is C14H28N2. The average molecular weight is 224 g/mol. The van der Waals surface area contributed by atoms with Crippen LogP contribution >= 0.6 is 0 Å². The molecule has 1 aliphatic carbocycles. The van der Waals surface area contributed by atoms with Crippen molar-refractivity contribution in [2.75, 3.05) is 20.1 Å². The van der Waals surface area contributed by atoms with E-state index in [4.69, 9.17) is 0 Å². The van der Waals surface area contributed by atoms with Crippen molar-refractivity contribution < 1.29 is 0 Å². The summed E-state index contributed by atoms with van der Waals surface area (Å²) in [6, 6.07) is 0.894. The predicted octanol–water partition coefficient (Wildman–Crippen LogP) is 2.64. The predicted molar refractivity (Wildman–Crippen MR) is 69.7 cm³/mol. The molecule has 2 rings (SSSR count). The van der Waals surface area contributed by atoms with Crippen molar-refractivity contribution in [3.8, 4) is 0 Å². The van der Waals surface area contributed by atoms with Crippen LogP contribution in [0, 0.1) is 5.92 Å². The van der Waals surface area contributed by atoms with Crippen LogP contribution in [-0.4, -0.2) is 36.6 Å². The van der Waals surface area contributed by atoms with Gasteiger partial charge in [-0.05, 0) is 65.6 Å². The first-order chi connectivity index (χ1) is 7.63. The molecule has 1 saturated heterocycles. The fourth-order valence-corrected chi connectivity index (χ4v) is 3.91. The Morgan fingerprint density at radius 1 is 1.19 bits per heavy atom. The van der Waals surface area contributed by atoms with E-state index >= 15 is 0 Å². The minimum absolute atomic E-state index is 0.425. The Kier molecular flexibility index (Phi) is 3.91. The maximum absolute atomic E-state index is 3.34. The summed E-state index contributed by atoms with van der Waals surface area (Å²) in [4.78, 5) is 2.81. The highest BCUT2D eigenvalue weighted by Gasteiger charge is 2.38. The zero-order valence-electron chi connectivity index (χ0n) is 11.3. The first kappa shape index (κ1) is 12.4. The second-order valence-electron chi connectivity index (χ2n) is 6.36. The van der Waals surface area contributed by atoms with E-state index in [-0.39, 0.29) is 0 Å². The van der Waals surface area contributed by atoms with Crippen LogP contribution < -0.4 is 5.32 Å². The van der Waals surface area contributed by atoms with Crippen LogP contribution in [0.25, 0.3) is 0 Å². The van der Waals surface area contributed by atoms with E-state index in [1.165, 1.54) is 51.6 Å². The van der Waals surface area contributed by atoms with Crippen molar-refractivity contribution >= 4 is 0 Å². The Balaban J connectivity index is 1.95. The monoisotopic (exact) mass is 224 g/mol. The molecule has 2 nitrogen and oxygen atoms in total. The molecule has 94 valence electrons. The molecule has 0 bridgehead atoms. The number of hydrogen-bond acceptors (Lipinski definition) is 2. The van der Waals surface area contributed by atoms with E-state index in [0.717, 1.165) is 12.0 Å². The summed E-state index contributed by atoms with van der Waals surface area (Å²) in [7, 11) is 2.08. The largest absolute Gasteiger partial charge is 0.319 e. The molecule has 16 heavy (non-hydrogen) atoms. The maximum Gasteiger partial charge on any atom is 0.0159 e. The molecule has 0 aromatic rings. The topological polar surface area (TPSA) is 15.3 Å². The first-order valence-electron chi connectivity index (χ1n) is 7.05. The molecule has 2 fully saturated rings. The third-order valence-corrected chi connectivity index (χ3v) is 4.60. The standard InChI is InChI=1S/C14H28N2/c1-14(2)10-12(11-15-3)8-9-16(14)13-6-4-5-7-13/h12-13,15H,4-11H2,1-3H3. The molecule has 0 aromatic carbocycles. The minimum Gasteiger partial charge on any atom is -0.319 e. The summed E-state index contributed by atoms with van der Waals surface area (Å²) >= 11 is 0. The lowest BCUT2D eigenvalue weighted by atomic mass is 9.81. The van der Waals surface area contributed by atoms with Crippen LogP contribution in [0.5, 0.6) is 0 Å². The highest BCUT2D eigenvalue weighted by atomic mass is 15.2. The van der Waals surface area contributed by atoms with E-state index in [1.54, 1.807) is 0 Å². The van der Waals surface area contributed by atoms with Crippen molar-refractivity contribution in [1.29, 1.82) is 0 Å². The summed E-state index contributed by atoms with van der Waals surface area (Å²) in [5, 5.41) is 3.34. The van der Waals surface area contributed by atoms with E-state index in [1.807, 2.05) is 0 Å². The van der Waals surface area contributed by atoms with Crippen LogP contribution in [0.2, 0.25) is 0 Å². The Morgan fingerprint density at radius 3 is 2.44 bits per heavy atom. The summed E-state index contributed by atoms with van der Waals surface area (Å²) in [6.07, 6.45) is 8.56. The van der Waals surface area contributed by atoms with Gasteiger partial charge in [-0.3, -0.25) is 4.90 Å². The molecular weight excluding hydrogens is 196 g/mol. The normalized spacial score (nSPS) is 32.1. The molecule has 0 spiro atoms. The summed E-state index contributed by atoms with van der Waals surface area (Å²) in [6.45, 7) is 7.42. The van der Waals surface area contributed by atoms with Crippen molar-refractivity contribution in [2.24, 2.45) is 5.92 Å². The van der Waals surface area contributed by atoms with Crippen molar-refractivity contribution in [3.63, 3.8) is 0 Å². The molecule has 0 radical (unpaired) electrons. The quantitative estimate of drug-likeness (QED) is 0.793. The van der Waals surface area contributed by atoms with Crippen molar-refractivity contribution in [1.82, 2.24) is 10.2 Å². The van der Waals surface area contributed by atoms with Gasteiger partial charge in [0.1, 0.15) is 0 Å². The van der Waals surface area contributed by atoms with Crippen molar-refractivity contribution in [3.05, 3.63) is 0 Å². The highest BCUT2D eigenvalue weighted by Crippen LogP contribution is 2.37. The number of likely N-dealkylation sites (tertiary alicyclic amines) is 1. The lowest BCUT2D eigenvalue weighted by molar-refractivity contribution is 0.0116. The smallest absolute Gasteiger partial charge is 0.0159 e. The van der Waals surface area contributed by atoms with Gasteiger partial charge in [-0.15, -0.1) is 0 Å². The number of nitrogens with one attached hydrogen (secondary N) is 1. The number of piperidine rings is 1. The molecule has 1 aliphatic heterocycles. The molecule has 1 N–H and O–H groups in total. The van der Waals surface area contributed by atoms with Gasteiger partial charge in [-0.2, -0.15) is 0 Å². The molecule has 2 heteroatoms. The zero-order valence-corrected chi connectivity index (χ0v) is 11.3. The van der Waals surface area contributed by atoms with Gasteiger partial charge in [0.15, 0.2) is 0 Å². The van der Waals surface area contributed by atoms with Gasteiger partial charge >= 0.3 is 0 Å². The average Bonchev–Trinajstić information content (AvgIpc) is 2.69. The van der Waals surface area contributed by atoms with E-state index in [0.29, 0.717) is 5.54 Å². The van der Waals surface area contributed by atoms with Gasteiger partial charge in [0.05, 0.1) is 0 Å². The van der Waals surface area contributed by atoms with Gasteiger partial charge in [0.25, 0.3) is 0 Å². The van der Waals surface area contributed by atoms with E-state index in [2.05, 4.69) is 31.1 Å². The minimum atomic E-state index is 0.425. The second kappa shape index (κ2) is 5.05. The van der Waals surface area contributed by atoms with Gasteiger partial charge in [0, 0.05) is 11.6 Å². The Bertz CT molecular complexity index is 219. The highest BCUT2D eigenvalue weighted by molar-refractivity contribution is 4.94. The number of rotatable bonds is 3. The van der Waals surface area contributed by atoms with Gasteiger partial charge < -0.3 is 5.32 Å². The molecule has 1 atom stereocenters. The lowest BCUT2D eigenvalue weighted by Crippen LogP contribution is -2.54. The Morgan fingerprint density at radius 2 is 1.88 bits per heavy atom. The Hall–Kier alpha value is -0.0800. The third-order valence-electron chi connectivity index (χ3n) is 4.60. The summed E-state index contributed by atoms with van der Waals surface area (Å²) in [5.41, 5.74) is 0.425. The third kappa shape index (κ3) is 2.60. The maximum atomic E-state index is 3.34. The van der Waals surface area contributed by atoms with Crippen molar-refractivity contribution in [2.45, 2.75) is 64.0 Å². The number of hydrogen-bond donors (Lipinski definition) is 1. The summed E-state index contributed by atoms with van der Waals surface area (Å²) in [5.74, 6) is 0.887. The fraction of sp³-hybridized carbons (Fsp3) is 1.00. The molecule has 0 aromatic heterocycles. The SMILES string of the molecule is CNCC1CCN(C2CCCC2)C(C)(C)C1. The van der Waals surface area contributed by atoms with E-state index in [9.17, 15) is 0 Å². The Labute approximate surface area is 101 Å². The van der Waals surface area contributed by atoms with E-state index < -0.39 is 0 Å². The molecule has 1 unspecified atom stereocenters. The van der Waals surface area contributed by atoms with Crippen LogP contribution in [0.1, 0.15) is 52.4 Å². The first-order valence-corrected chi connectivity index (χ1v) is 7.05. The molecule has 1 heterocycles.